The van der Waals surface area contributed by atoms with Gasteiger partial charge in [0.1, 0.15) is 13.2 Å². The summed E-state index contributed by atoms with van der Waals surface area (Å²) in [6.07, 6.45) is 61.0. The average Bonchev–Trinajstić information content (AvgIpc) is 3.27. The van der Waals surface area contributed by atoms with E-state index < -0.39 is 6.10 Å². The first-order valence-electron chi connectivity index (χ1n) is 26.6. The smallest absolute Gasteiger partial charge is 0.306 e. The molecule has 0 fully saturated rings. The van der Waals surface area contributed by atoms with Crippen molar-refractivity contribution in [3.05, 3.63) is 48.6 Å². The van der Waals surface area contributed by atoms with E-state index in [1.54, 1.807) is 0 Å². The minimum Gasteiger partial charge on any atom is -0.462 e. The highest BCUT2D eigenvalue weighted by atomic mass is 16.6. The maximum atomic E-state index is 12.8. The molecule has 0 rings (SSSR count). The number of hydrogen-bond acceptors (Lipinski definition) is 6. The Labute approximate surface area is 384 Å². The number of esters is 3. The molecule has 6 heteroatoms. The topological polar surface area (TPSA) is 78.9 Å². The number of carbonyl (C=O) groups excluding carboxylic acids is 3. The SMILES string of the molecule is CC/C=C\C/C=C\C/C=C\CCCCCCCCCCCC(=O)OCC(COC(=O)CCCCCCCCCCCCC)OC(=O)CCCCC/C=C\CCCCCCCCC. The molecule has 1 atom stereocenters. The van der Waals surface area contributed by atoms with Crippen LogP contribution in [0.1, 0.15) is 271 Å². The van der Waals surface area contributed by atoms with E-state index in [2.05, 4.69) is 69.4 Å². The van der Waals surface area contributed by atoms with Crippen LogP contribution >= 0.6 is 0 Å². The van der Waals surface area contributed by atoms with Crippen LogP contribution in [0.5, 0.6) is 0 Å². The molecule has 0 aromatic carbocycles. The Balaban J connectivity index is 4.34. The van der Waals surface area contributed by atoms with Gasteiger partial charge in [-0.05, 0) is 77.0 Å². The summed E-state index contributed by atoms with van der Waals surface area (Å²) in [6, 6.07) is 0. The van der Waals surface area contributed by atoms with Crippen molar-refractivity contribution >= 4 is 17.9 Å². The first-order chi connectivity index (χ1) is 30.5. The van der Waals surface area contributed by atoms with Crippen molar-refractivity contribution in [3.8, 4) is 0 Å². The first-order valence-corrected chi connectivity index (χ1v) is 26.6. The van der Waals surface area contributed by atoms with E-state index in [1.807, 2.05) is 0 Å². The van der Waals surface area contributed by atoms with Crippen molar-refractivity contribution in [2.75, 3.05) is 13.2 Å². The Bertz CT molecular complexity index is 1090. The molecular weight excluding hydrogens is 769 g/mol. The number of allylic oxidation sites excluding steroid dienone is 8. The number of hydrogen-bond donors (Lipinski definition) is 0. The Hall–Kier alpha value is -2.63. The van der Waals surface area contributed by atoms with Crippen molar-refractivity contribution in [1.29, 1.82) is 0 Å². The van der Waals surface area contributed by atoms with Gasteiger partial charge in [0.05, 0.1) is 0 Å². The van der Waals surface area contributed by atoms with Gasteiger partial charge in [0.2, 0.25) is 0 Å². The van der Waals surface area contributed by atoms with Crippen molar-refractivity contribution < 1.29 is 28.6 Å². The first kappa shape index (κ1) is 59.4. The van der Waals surface area contributed by atoms with Crippen molar-refractivity contribution in [2.45, 2.75) is 277 Å². The van der Waals surface area contributed by atoms with E-state index in [9.17, 15) is 14.4 Å². The Kier molecular flexibility index (Phi) is 48.8. The van der Waals surface area contributed by atoms with Crippen molar-refractivity contribution in [3.63, 3.8) is 0 Å². The van der Waals surface area contributed by atoms with E-state index in [-0.39, 0.29) is 31.1 Å². The largest absolute Gasteiger partial charge is 0.462 e. The third kappa shape index (κ3) is 48.4. The molecular formula is C56H100O6. The number of ether oxygens (including phenoxy) is 3. The number of carbonyl (C=O) groups is 3. The molecule has 0 spiro atoms. The fourth-order valence-electron chi connectivity index (χ4n) is 7.57. The standard InChI is InChI=1S/C56H100O6/c1-4-7-10-13-16-19-22-24-26-27-28-29-30-32-34-37-40-43-46-49-55(58)61-52-53(51-60-54(57)48-45-42-39-36-33-21-18-15-12-9-6-3)62-56(59)50-47-44-41-38-35-31-25-23-20-17-14-11-8-5-2/h7,10,16,19,24,26,31,35,53H,4-6,8-9,11-15,17-18,20-23,25,27-30,32-34,36-52H2,1-3H3/b10-7-,19-16-,26-24-,35-31-. The molecule has 0 aliphatic rings. The summed E-state index contributed by atoms with van der Waals surface area (Å²) in [7, 11) is 0. The van der Waals surface area contributed by atoms with Gasteiger partial charge in [-0.1, -0.05) is 223 Å². The van der Waals surface area contributed by atoms with Crippen LogP contribution < -0.4 is 0 Å². The quantitative estimate of drug-likeness (QED) is 0.0262. The van der Waals surface area contributed by atoms with Crippen LogP contribution in [0.4, 0.5) is 0 Å². The Morgan fingerprint density at radius 3 is 1.02 bits per heavy atom. The van der Waals surface area contributed by atoms with Gasteiger partial charge in [0.25, 0.3) is 0 Å². The fraction of sp³-hybridized carbons (Fsp3) is 0.804. The molecule has 0 saturated carbocycles. The molecule has 1 unspecified atom stereocenters. The Morgan fingerprint density at radius 2 is 0.629 bits per heavy atom. The minimum absolute atomic E-state index is 0.0782. The lowest BCUT2D eigenvalue weighted by molar-refractivity contribution is -0.167. The molecule has 0 amide bonds. The van der Waals surface area contributed by atoms with Gasteiger partial charge in [0.15, 0.2) is 6.10 Å². The second-order valence-electron chi connectivity index (χ2n) is 17.8. The van der Waals surface area contributed by atoms with Crippen LogP contribution in [0.2, 0.25) is 0 Å². The lowest BCUT2D eigenvalue weighted by Gasteiger charge is -2.18. The van der Waals surface area contributed by atoms with Gasteiger partial charge in [-0.25, -0.2) is 0 Å². The van der Waals surface area contributed by atoms with Crippen LogP contribution in [-0.4, -0.2) is 37.2 Å². The van der Waals surface area contributed by atoms with Crippen LogP contribution in [0.3, 0.4) is 0 Å². The van der Waals surface area contributed by atoms with Crippen LogP contribution in [0.15, 0.2) is 48.6 Å². The Morgan fingerprint density at radius 1 is 0.339 bits per heavy atom. The van der Waals surface area contributed by atoms with E-state index in [0.29, 0.717) is 19.3 Å². The number of unbranched alkanes of at least 4 members (excludes halogenated alkanes) is 29. The van der Waals surface area contributed by atoms with Gasteiger partial charge in [-0.15, -0.1) is 0 Å². The highest BCUT2D eigenvalue weighted by molar-refractivity contribution is 5.71. The molecule has 0 bridgehead atoms. The molecule has 0 saturated heterocycles. The maximum Gasteiger partial charge on any atom is 0.306 e. The van der Waals surface area contributed by atoms with E-state index in [4.69, 9.17) is 14.2 Å². The zero-order valence-electron chi connectivity index (χ0n) is 41.1. The van der Waals surface area contributed by atoms with Crippen LogP contribution in [0, 0.1) is 0 Å². The molecule has 0 aliphatic heterocycles. The highest BCUT2D eigenvalue weighted by Crippen LogP contribution is 2.15. The number of rotatable bonds is 48. The van der Waals surface area contributed by atoms with Gasteiger partial charge in [-0.3, -0.25) is 14.4 Å². The summed E-state index contributed by atoms with van der Waals surface area (Å²) in [5.74, 6) is -0.892. The monoisotopic (exact) mass is 869 g/mol. The van der Waals surface area contributed by atoms with Gasteiger partial charge >= 0.3 is 17.9 Å². The van der Waals surface area contributed by atoms with Crippen LogP contribution in [0.25, 0.3) is 0 Å². The summed E-state index contributed by atoms with van der Waals surface area (Å²) < 4.78 is 16.8. The lowest BCUT2D eigenvalue weighted by Crippen LogP contribution is -2.30. The van der Waals surface area contributed by atoms with E-state index in [0.717, 1.165) is 89.9 Å². The predicted molar refractivity (Wildman–Crippen MR) is 265 cm³/mol. The zero-order valence-corrected chi connectivity index (χ0v) is 41.1. The molecule has 62 heavy (non-hydrogen) atoms. The van der Waals surface area contributed by atoms with Crippen LogP contribution in [-0.2, 0) is 28.6 Å². The third-order valence-corrected chi connectivity index (χ3v) is 11.6. The molecule has 0 radical (unpaired) electrons. The summed E-state index contributed by atoms with van der Waals surface area (Å²) in [4.78, 5) is 38.0. The van der Waals surface area contributed by atoms with Gasteiger partial charge < -0.3 is 14.2 Å². The van der Waals surface area contributed by atoms with E-state index in [1.165, 1.54) is 141 Å². The van der Waals surface area contributed by atoms with Gasteiger partial charge in [-0.2, -0.15) is 0 Å². The molecule has 0 N–H and O–H groups in total. The summed E-state index contributed by atoms with van der Waals surface area (Å²) >= 11 is 0. The molecule has 0 aromatic heterocycles. The molecule has 6 nitrogen and oxygen atoms in total. The second-order valence-corrected chi connectivity index (χ2v) is 17.8. The normalized spacial score (nSPS) is 12.4. The molecule has 0 heterocycles. The summed E-state index contributed by atoms with van der Waals surface area (Å²) in [5, 5.41) is 0. The highest BCUT2D eigenvalue weighted by Gasteiger charge is 2.19. The lowest BCUT2D eigenvalue weighted by atomic mass is 10.1. The molecule has 0 aliphatic carbocycles. The average molecular weight is 869 g/mol. The summed E-state index contributed by atoms with van der Waals surface area (Å²) in [5.41, 5.74) is 0. The fourth-order valence-corrected chi connectivity index (χ4v) is 7.57. The third-order valence-electron chi connectivity index (χ3n) is 11.6. The zero-order chi connectivity index (χ0) is 45.1. The summed E-state index contributed by atoms with van der Waals surface area (Å²) in [6.45, 7) is 6.52. The van der Waals surface area contributed by atoms with Crippen molar-refractivity contribution in [2.24, 2.45) is 0 Å². The van der Waals surface area contributed by atoms with Gasteiger partial charge in [0, 0.05) is 19.3 Å². The second kappa shape index (κ2) is 51.0. The maximum absolute atomic E-state index is 12.8. The predicted octanol–water partition coefficient (Wildman–Crippen LogP) is 17.5. The minimum atomic E-state index is -0.779. The molecule has 360 valence electrons. The van der Waals surface area contributed by atoms with E-state index >= 15 is 0 Å². The van der Waals surface area contributed by atoms with Crippen molar-refractivity contribution in [1.82, 2.24) is 0 Å². The molecule has 0 aromatic rings.